The molecule has 140 valence electrons. The van der Waals surface area contributed by atoms with Gasteiger partial charge < -0.3 is 14.8 Å². The zero-order valence-electron chi connectivity index (χ0n) is 15.2. The van der Waals surface area contributed by atoms with E-state index in [2.05, 4.69) is 10.3 Å². The first-order chi connectivity index (χ1) is 12.9. The summed E-state index contributed by atoms with van der Waals surface area (Å²) in [6, 6.07) is 11.2. The zero-order chi connectivity index (χ0) is 19.4. The predicted molar refractivity (Wildman–Crippen MR) is 106 cm³/mol. The first-order valence-corrected chi connectivity index (χ1v) is 9.16. The van der Waals surface area contributed by atoms with E-state index in [1.165, 1.54) is 23.9 Å². The molecule has 0 spiro atoms. The van der Waals surface area contributed by atoms with Gasteiger partial charge in [0, 0.05) is 0 Å². The Labute approximate surface area is 161 Å². The highest BCUT2D eigenvalue weighted by molar-refractivity contribution is 8.18. The molecule has 0 radical (unpaired) electrons. The first kappa shape index (κ1) is 19.0. The number of hydrogen-bond acceptors (Lipinski definition) is 5. The van der Waals surface area contributed by atoms with E-state index in [9.17, 15) is 9.18 Å². The minimum atomic E-state index is -0.332. The number of nitrogens with zero attached hydrogens (tertiary/aromatic N) is 1. The summed E-state index contributed by atoms with van der Waals surface area (Å²) in [5.41, 5.74) is 1.38. The van der Waals surface area contributed by atoms with Gasteiger partial charge in [-0.05, 0) is 73.6 Å². The Bertz CT molecular complexity index is 908. The first-order valence-electron chi connectivity index (χ1n) is 8.34. The highest BCUT2D eigenvalue weighted by Crippen LogP contribution is 2.32. The number of halogens is 1. The fraction of sp³-hybridized carbons (Fsp3) is 0.200. The van der Waals surface area contributed by atoms with Crippen LogP contribution < -0.4 is 14.8 Å². The van der Waals surface area contributed by atoms with Gasteiger partial charge in [-0.1, -0.05) is 6.07 Å². The average molecular weight is 386 g/mol. The molecule has 2 aromatic carbocycles. The molecule has 27 heavy (non-hydrogen) atoms. The lowest BCUT2D eigenvalue weighted by atomic mass is 10.2. The second kappa shape index (κ2) is 8.26. The smallest absolute Gasteiger partial charge is 0.264 e. The van der Waals surface area contributed by atoms with Gasteiger partial charge in [-0.2, -0.15) is 0 Å². The predicted octanol–water partition coefficient (Wildman–Crippen LogP) is 4.51. The van der Waals surface area contributed by atoms with E-state index in [-0.39, 0.29) is 17.8 Å². The van der Waals surface area contributed by atoms with Crippen molar-refractivity contribution in [2.24, 2.45) is 4.99 Å². The minimum Gasteiger partial charge on any atom is -0.493 e. The van der Waals surface area contributed by atoms with Crippen LogP contribution in [0.2, 0.25) is 0 Å². The van der Waals surface area contributed by atoms with E-state index in [1.54, 1.807) is 25.3 Å². The summed E-state index contributed by atoms with van der Waals surface area (Å²) in [6.07, 6.45) is 1.79. The fourth-order valence-electron chi connectivity index (χ4n) is 2.39. The molecule has 1 aliphatic rings. The topological polar surface area (TPSA) is 59.9 Å². The number of rotatable bonds is 5. The molecule has 1 aliphatic heterocycles. The normalized spacial score (nSPS) is 16.9. The Balaban J connectivity index is 1.81. The van der Waals surface area contributed by atoms with Crippen LogP contribution in [0.4, 0.5) is 10.1 Å². The lowest BCUT2D eigenvalue weighted by Crippen LogP contribution is -2.19. The molecule has 1 heterocycles. The standard InChI is InChI=1S/C20H19FN2O3S/c1-12(2)26-16-9-4-13(10-17(16)25-3)11-18-19(24)23-20(27-18)22-15-7-5-14(21)6-8-15/h4-12H,1-3H3,(H,22,23,24)/b18-11-. The summed E-state index contributed by atoms with van der Waals surface area (Å²) in [7, 11) is 1.57. The van der Waals surface area contributed by atoms with Gasteiger partial charge in [0.2, 0.25) is 0 Å². The molecule has 0 saturated carbocycles. The SMILES string of the molecule is COc1cc(/C=C2\SC(=Nc3ccc(F)cc3)NC2=O)ccc1OC(C)C. The van der Waals surface area contributed by atoms with Crippen molar-refractivity contribution >= 4 is 34.6 Å². The summed E-state index contributed by atoms with van der Waals surface area (Å²) in [6.45, 7) is 3.88. The van der Waals surface area contributed by atoms with Crippen LogP contribution in [0.1, 0.15) is 19.4 Å². The highest BCUT2D eigenvalue weighted by Gasteiger charge is 2.24. The van der Waals surface area contributed by atoms with Gasteiger partial charge in [-0.25, -0.2) is 9.38 Å². The molecule has 3 rings (SSSR count). The number of benzene rings is 2. The van der Waals surface area contributed by atoms with Gasteiger partial charge in [0.05, 0.1) is 23.8 Å². The Morgan fingerprint density at radius 1 is 1.15 bits per heavy atom. The van der Waals surface area contributed by atoms with E-state index >= 15 is 0 Å². The van der Waals surface area contributed by atoms with Gasteiger partial charge in [-0.3, -0.25) is 4.79 Å². The third-order valence-corrected chi connectivity index (χ3v) is 4.47. The number of carbonyl (C=O) groups is 1. The molecule has 1 fully saturated rings. The van der Waals surface area contributed by atoms with Crippen LogP contribution in [0.5, 0.6) is 11.5 Å². The number of nitrogens with one attached hydrogen (secondary N) is 1. The number of carbonyl (C=O) groups excluding carboxylic acids is 1. The Morgan fingerprint density at radius 2 is 1.89 bits per heavy atom. The highest BCUT2D eigenvalue weighted by atomic mass is 32.2. The van der Waals surface area contributed by atoms with E-state index in [4.69, 9.17) is 9.47 Å². The maximum atomic E-state index is 13.0. The molecule has 5 nitrogen and oxygen atoms in total. The third-order valence-electron chi connectivity index (χ3n) is 3.56. The van der Waals surface area contributed by atoms with E-state index in [0.717, 1.165) is 5.56 Å². The molecule has 0 aliphatic carbocycles. The average Bonchev–Trinajstić information content (AvgIpc) is 2.97. The van der Waals surface area contributed by atoms with Crippen molar-refractivity contribution < 1.29 is 18.7 Å². The summed E-state index contributed by atoms with van der Waals surface area (Å²) in [5.74, 6) is 0.683. The molecule has 1 N–H and O–H groups in total. The fourth-order valence-corrected chi connectivity index (χ4v) is 3.23. The number of hydrogen-bond donors (Lipinski definition) is 1. The lowest BCUT2D eigenvalue weighted by Gasteiger charge is -2.13. The van der Waals surface area contributed by atoms with Crippen molar-refractivity contribution in [1.82, 2.24) is 5.32 Å². The third kappa shape index (κ3) is 4.89. The van der Waals surface area contributed by atoms with Crippen LogP contribution in [0.15, 0.2) is 52.4 Å². The molecule has 1 saturated heterocycles. The Kier molecular flexibility index (Phi) is 5.81. The molecule has 0 bridgehead atoms. The molecule has 7 heteroatoms. The summed E-state index contributed by atoms with van der Waals surface area (Å²) in [4.78, 5) is 17.0. The summed E-state index contributed by atoms with van der Waals surface area (Å²) < 4.78 is 24.0. The van der Waals surface area contributed by atoms with Gasteiger partial charge in [0.1, 0.15) is 5.82 Å². The quantitative estimate of drug-likeness (QED) is 0.768. The van der Waals surface area contributed by atoms with Crippen LogP contribution in [-0.2, 0) is 4.79 Å². The van der Waals surface area contributed by atoms with Gasteiger partial charge in [0.25, 0.3) is 5.91 Å². The van der Waals surface area contributed by atoms with Crippen molar-refractivity contribution in [1.29, 1.82) is 0 Å². The number of amidine groups is 1. The minimum absolute atomic E-state index is 0.0319. The maximum absolute atomic E-state index is 13.0. The molecule has 1 amide bonds. The molecule has 2 aromatic rings. The second-order valence-electron chi connectivity index (χ2n) is 6.04. The van der Waals surface area contributed by atoms with Crippen molar-refractivity contribution in [3.8, 4) is 11.5 Å². The van der Waals surface area contributed by atoms with E-state index in [0.29, 0.717) is 27.3 Å². The summed E-state index contributed by atoms with van der Waals surface area (Å²) >= 11 is 1.23. The number of methoxy groups -OCH3 is 1. The second-order valence-corrected chi connectivity index (χ2v) is 7.07. The maximum Gasteiger partial charge on any atom is 0.264 e. The van der Waals surface area contributed by atoms with Crippen molar-refractivity contribution in [2.45, 2.75) is 20.0 Å². The van der Waals surface area contributed by atoms with Crippen LogP contribution >= 0.6 is 11.8 Å². The van der Waals surface area contributed by atoms with E-state index < -0.39 is 0 Å². The van der Waals surface area contributed by atoms with Crippen LogP contribution in [0, 0.1) is 5.82 Å². The van der Waals surface area contributed by atoms with Gasteiger partial charge >= 0.3 is 0 Å². The Hall–Kier alpha value is -2.80. The zero-order valence-corrected chi connectivity index (χ0v) is 16.0. The van der Waals surface area contributed by atoms with Gasteiger partial charge in [-0.15, -0.1) is 0 Å². The number of ether oxygens (including phenoxy) is 2. The van der Waals surface area contributed by atoms with Gasteiger partial charge in [0.15, 0.2) is 16.7 Å². The van der Waals surface area contributed by atoms with Crippen molar-refractivity contribution in [3.05, 3.63) is 58.8 Å². The molecular weight excluding hydrogens is 367 g/mol. The van der Waals surface area contributed by atoms with Crippen LogP contribution in [0.3, 0.4) is 0 Å². The largest absolute Gasteiger partial charge is 0.493 e. The molecular formula is C20H19FN2O3S. The molecule has 0 aromatic heterocycles. The van der Waals surface area contributed by atoms with E-state index in [1.807, 2.05) is 32.0 Å². The molecule has 0 unspecified atom stereocenters. The number of thioether (sulfide) groups is 1. The molecule has 0 atom stereocenters. The van der Waals surface area contributed by atoms with Crippen molar-refractivity contribution in [2.75, 3.05) is 7.11 Å². The number of amides is 1. The lowest BCUT2D eigenvalue weighted by molar-refractivity contribution is -0.115. The van der Waals surface area contributed by atoms with Crippen LogP contribution in [0.25, 0.3) is 6.08 Å². The van der Waals surface area contributed by atoms with Crippen LogP contribution in [-0.4, -0.2) is 24.3 Å². The number of aliphatic imine (C=N–C) groups is 1. The van der Waals surface area contributed by atoms with Crippen molar-refractivity contribution in [3.63, 3.8) is 0 Å². The monoisotopic (exact) mass is 386 g/mol. The Morgan fingerprint density at radius 3 is 2.56 bits per heavy atom. The summed E-state index contributed by atoms with van der Waals surface area (Å²) in [5, 5.41) is 3.16.